The molecule has 2 aliphatic heterocycles. The number of nitrogens with one attached hydrogen (secondary N) is 2. The molecule has 0 amide bonds. The summed E-state index contributed by atoms with van der Waals surface area (Å²) < 4.78 is 25.8. The molecule has 2 aromatic carbocycles. The number of piperidine rings is 1. The quantitative estimate of drug-likeness (QED) is 0.337. The molecule has 6 N–H and O–H groups in total. The van der Waals surface area contributed by atoms with Crippen LogP contribution in [0, 0.1) is 11.7 Å². The average molecular weight is 477 g/mol. The van der Waals surface area contributed by atoms with Gasteiger partial charge in [0.1, 0.15) is 22.8 Å². The fourth-order valence-electron chi connectivity index (χ4n) is 4.91. The number of rotatable bonds is 5. The van der Waals surface area contributed by atoms with Gasteiger partial charge in [-0.05, 0) is 49.6 Å². The van der Waals surface area contributed by atoms with Gasteiger partial charge in [0.25, 0.3) is 0 Å². The molecular weight excluding hydrogens is 451 g/mol. The Bertz CT molecular complexity index is 1380. The Morgan fingerprint density at radius 1 is 1.11 bits per heavy atom. The van der Waals surface area contributed by atoms with Crippen molar-refractivity contribution >= 4 is 40.1 Å². The lowest BCUT2D eigenvalue weighted by atomic mass is 9.94. The van der Waals surface area contributed by atoms with Crippen molar-refractivity contribution in [3.63, 3.8) is 0 Å². The minimum atomic E-state index is -0.557. The number of nitrogen functional groups attached to an aromatic ring is 2. The van der Waals surface area contributed by atoms with Gasteiger partial charge in [0, 0.05) is 37.0 Å². The van der Waals surface area contributed by atoms with Gasteiger partial charge in [-0.15, -0.1) is 0 Å². The van der Waals surface area contributed by atoms with Crippen molar-refractivity contribution in [2.75, 3.05) is 41.3 Å². The number of anilines is 5. The maximum Gasteiger partial charge on any atom is 0.223 e. The molecule has 2 fully saturated rings. The molecule has 2 aromatic heterocycles. The van der Waals surface area contributed by atoms with Crippen molar-refractivity contribution in [3.8, 4) is 11.5 Å². The first-order valence-corrected chi connectivity index (χ1v) is 11.5. The Hall–Kier alpha value is -4.12. The number of hydrogen-bond acceptors (Lipinski definition) is 10. The summed E-state index contributed by atoms with van der Waals surface area (Å²) in [6.45, 7) is 2.86. The Labute approximate surface area is 200 Å². The van der Waals surface area contributed by atoms with Crippen molar-refractivity contribution in [3.05, 3.63) is 48.3 Å². The van der Waals surface area contributed by atoms with E-state index in [4.69, 9.17) is 20.7 Å². The normalized spacial score (nSPS) is 19.6. The molecular formula is C24H25FN8O2. The molecule has 0 bridgehead atoms. The van der Waals surface area contributed by atoms with E-state index in [0.717, 1.165) is 25.5 Å². The zero-order valence-electron chi connectivity index (χ0n) is 18.9. The summed E-state index contributed by atoms with van der Waals surface area (Å²) in [5.41, 5.74) is 12.8. The molecule has 2 atom stereocenters. The van der Waals surface area contributed by atoms with Crippen molar-refractivity contribution in [1.82, 2.24) is 20.4 Å². The third-order valence-electron chi connectivity index (χ3n) is 6.56. The number of nitrogens with zero attached hydrogens (tertiary/aromatic N) is 4. The Morgan fingerprint density at radius 2 is 2.03 bits per heavy atom. The zero-order valence-corrected chi connectivity index (χ0v) is 18.9. The smallest absolute Gasteiger partial charge is 0.223 e. The summed E-state index contributed by atoms with van der Waals surface area (Å²) in [6.07, 6.45) is 2.41. The van der Waals surface area contributed by atoms with Gasteiger partial charge < -0.3 is 36.3 Å². The Balaban J connectivity index is 1.20. The van der Waals surface area contributed by atoms with Crippen molar-refractivity contribution in [2.45, 2.75) is 18.9 Å². The summed E-state index contributed by atoms with van der Waals surface area (Å²) in [5, 5.41) is 10.9. The molecule has 180 valence electrons. The Morgan fingerprint density at radius 3 is 2.89 bits per heavy atom. The van der Waals surface area contributed by atoms with Gasteiger partial charge in [0.15, 0.2) is 23.0 Å². The van der Waals surface area contributed by atoms with E-state index in [1.54, 1.807) is 24.3 Å². The molecule has 2 aliphatic rings. The highest BCUT2D eigenvalue weighted by Crippen LogP contribution is 2.35. The van der Waals surface area contributed by atoms with Crippen LogP contribution in [0.5, 0.6) is 11.5 Å². The number of nitrogens with two attached hydrogens (primary N) is 2. The van der Waals surface area contributed by atoms with Crippen LogP contribution < -0.4 is 31.7 Å². The molecule has 0 radical (unpaired) electrons. The van der Waals surface area contributed by atoms with E-state index in [1.165, 1.54) is 25.0 Å². The minimum absolute atomic E-state index is 0.0405. The van der Waals surface area contributed by atoms with E-state index in [1.807, 2.05) is 6.07 Å². The lowest BCUT2D eigenvalue weighted by molar-refractivity contribution is 0.340. The van der Waals surface area contributed by atoms with Crippen LogP contribution >= 0.6 is 0 Å². The monoisotopic (exact) mass is 476 g/mol. The van der Waals surface area contributed by atoms with E-state index in [9.17, 15) is 4.39 Å². The summed E-state index contributed by atoms with van der Waals surface area (Å²) in [4.78, 5) is 10.9. The average Bonchev–Trinajstić information content (AvgIpc) is 3.45. The van der Waals surface area contributed by atoms with Gasteiger partial charge in [-0.25, -0.2) is 4.39 Å². The van der Waals surface area contributed by atoms with Crippen LogP contribution in [0.3, 0.4) is 0 Å². The van der Waals surface area contributed by atoms with Crippen LogP contribution in [0.1, 0.15) is 12.8 Å². The first-order valence-electron chi connectivity index (χ1n) is 11.5. The van der Waals surface area contributed by atoms with Gasteiger partial charge in [-0.3, -0.25) is 0 Å². The highest BCUT2D eigenvalue weighted by molar-refractivity contribution is 5.92. The number of hydrogen-bond donors (Lipinski definition) is 4. The first kappa shape index (κ1) is 21.4. The molecule has 0 unspecified atom stereocenters. The van der Waals surface area contributed by atoms with Gasteiger partial charge >= 0.3 is 0 Å². The molecule has 0 saturated carbocycles. The highest BCUT2D eigenvalue weighted by Gasteiger charge is 2.35. The van der Waals surface area contributed by atoms with Crippen LogP contribution in [0.15, 0.2) is 47.0 Å². The first-order chi connectivity index (χ1) is 17.0. The van der Waals surface area contributed by atoms with Crippen molar-refractivity contribution in [1.29, 1.82) is 0 Å². The van der Waals surface area contributed by atoms with Crippen molar-refractivity contribution in [2.24, 2.45) is 5.92 Å². The SMILES string of the molecule is Nc1nc(Nc2ccc(Oc3cccc4onc(N)c34)c(F)c2)cc(N2C[C@H]3CCCN[C@H]3C2)n1. The molecule has 35 heavy (non-hydrogen) atoms. The summed E-state index contributed by atoms with van der Waals surface area (Å²) in [5.74, 6) is 2.04. The third kappa shape index (κ3) is 4.14. The lowest BCUT2D eigenvalue weighted by Crippen LogP contribution is -2.40. The van der Waals surface area contributed by atoms with Gasteiger partial charge in [-0.1, -0.05) is 11.2 Å². The molecule has 6 rings (SSSR count). The second-order valence-corrected chi connectivity index (χ2v) is 8.91. The van der Waals surface area contributed by atoms with Gasteiger partial charge in [0.05, 0.1) is 0 Å². The van der Waals surface area contributed by atoms with E-state index >= 15 is 0 Å². The second kappa shape index (κ2) is 8.58. The molecule has 4 aromatic rings. The number of fused-ring (bicyclic) bond motifs is 2. The number of halogens is 1. The number of aromatic nitrogens is 3. The predicted octanol–water partition coefficient (Wildman–Crippen LogP) is 3.65. The summed E-state index contributed by atoms with van der Waals surface area (Å²) >= 11 is 0. The highest BCUT2D eigenvalue weighted by atomic mass is 19.1. The maximum atomic E-state index is 14.9. The van der Waals surface area contributed by atoms with E-state index in [0.29, 0.717) is 40.2 Å². The van der Waals surface area contributed by atoms with Gasteiger partial charge in [-0.2, -0.15) is 9.97 Å². The third-order valence-corrected chi connectivity index (χ3v) is 6.56. The fraction of sp³-hybridized carbons (Fsp3) is 0.292. The topological polar surface area (TPSA) is 140 Å². The Kier molecular flexibility index (Phi) is 5.25. The summed E-state index contributed by atoms with van der Waals surface area (Å²) in [7, 11) is 0. The number of benzene rings is 2. The van der Waals surface area contributed by atoms with Gasteiger partial charge in [0.2, 0.25) is 5.95 Å². The maximum absolute atomic E-state index is 14.9. The minimum Gasteiger partial charge on any atom is -0.453 e. The zero-order chi connectivity index (χ0) is 23.9. The van der Waals surface area contributed by atoms with Crippen LogP contribution in [0.4, 0.5) is 33.5 Å². The van der Waals surface area contributed by atoms with Crippen molar-refractivity contribution < 1.29 is 13.7 Å². The molecule has 0 aliphatic carbocycles. The molecule has 0 spiro atoms. The van der Waals surface area contributed by atoms with Crippen LogP contribution in [-0.4, -0.2) is 40.8 Å². The van der Waals surface area contributed by atoms with E-state index < -0.39 is 5.82 Å². The predicted molar refractivity (Wildman–Crippen MR) is 131 cm³/mol. The molecule has 2 saturated heterocycles. The van der Waals surface area contributed by atoms with E-state index in [-0.39, 0.29) is 17.5 Å². The fourth-order valence-corrected chi connectivity index (χ4v) is 4.91. The number of ether oxygens (including phenoxy) is 1. The second-order valence-electron chi connectivity index (χ2n) is 8.91. The molecule has 11 heteroatoms. The molecule has 10 nitrogen and oxygen atoms in total. The summed E-state index contributed by atoms with van der Waals surface area (Å²) in [6, 6.07) is 12.0. The molecule has 4 heterocycles. The standard InChI is InChI=1S/C24H25FN8O2/c25-15-9-14(6-7-17(15)34-18-4-1-5-19-22(18)23(26)32-35-19)29-20-10-21(31-24(27)30-20)33-11-13-3-2-8-28-16(13)12-33/h1,4-7,9-10,13,16,28H,2-3,8,11-12H2,(H2,26,32)(H3,27,29,30,31)/t13-,16+/m1/s1. The lowest BCUT2D eigenvalue weighted by Gasteiger charge is -2.24. The van der Waals surface area contributed by atoms with Crippen LogP contribution in [0.2, 0.25) is 0 Å². The largest absolute Gasteiger partial charge is 0.453 e. The van der Waals surface area contributed by atoms with Crippen LogP contribution in [0.25, 0.3) is 11.0 Å². The van der Waals surface area contributed by atoms with Crippen LogP contribution in [-0.2, 0) is 0 Å². The van der Waals surface area contributed by atoms with E-state index in [2.05, 4.69) is 30.7 Å².